The Balaban J connectivity index is 2.60. The second kappa shape index (κ2) is 5.05. The van der Waals surface area contributed by atoms with Crippen LogP contribution in [0.3, 0.4) is 0 Å². The Morgan fingerprint density at radius 3 is 2.76 bits per heavy atom. The lowest BCUT2D eigenvalue weighted by Crippen LogP contribution is -2.32. The van der Waals surface area contributed by atoms with Crippen molar-refractivity contribution in [3.63, 3.8) is 0 Å². The molecule has 0 spiro atoms. The van der Waals surface area contributed by atoms with Crippen molar-refractivity contribution in [3.05, 3.63) is 33.2 Å². The van der Waals surface area contributed by atoms with Crippen LogP contribution >= 0.6 is 0 Å². The molecular formula is C14H22N2O. The van der Waals surface area contributed by atoms with Gasteiger partial charge in [-0.05, 0) is 50.7 Å². The number of nitrogens with zero attached hydrogens (tertiary/aromatic N) is 1. The summed E-state index contributed by atoms with van der Waals surface area (Å²) < 4.78 is 1.97. The number of nitrogens with two attached hydrogens (primary N) is 1. The fourth-order valence-corrected chi connectivity index (χ4v) is 2.69. The van der Waals surface area contributed by atoms with Crippen LogP contribution in [0.25, 0.3) is 0 Å². The maximum atomic E-state index is 12.4. The largest absolute Gasteiger partial charge is 0.324 e. The van der Waals surface area contributed by atoms with Gasteiger partial charge in [0.15, 0.2) is 0 Å². The van der Waals surface area contributed by atoms with Gasteiger partial charge in [-0.3, -0.25) is 4.79 Å². The van der Waals surface area contributed by atoms with E-state index in [1.165, 1.54) is 24.1 Å². The Morgan fingerprint density at radius 1 is 1.41 bits per heavy atom. The van der Waals surface area contributed by atoms with Crippen LogP contribution in [0.1, 0.15) is 56.0 Å². The summed E-state index contributed by atoms with van der Waals surface area (Å²) in [7, 11) is 0. The highest BCUT2D eigenvalue weighted by molar-refractivity contribution is 5.30. The predicted octanol–water partition coefficient (Wildman–Crippen LogP) is 2.16. The highest BCUT2D eigenvalue weighted by atomic mass is 16.1. The van der Waals surface area contributed by atoms with E-state index in [4.69, 9.17) is 5.73 Å². The molecular weight excluding hydrogens is 212 g/mol. The minimum Gasteiger partial charge on any atom is -0.324 e. The van der Waals surface area contributed by atoms with Crippen molar-refractivity contribution < 1.29 is 0 Å². The smallest absolute Gasteiger partial charge is 0.255 e. The Bertz CT molecular complexity index is 460. The standard InChI is InChI=1S/C14H22N2O/c1-3-8-16-13-7-5-4-6-11(13)9-12(10(2)15)14(16)17/h9-10H,3-8,15H2,1-2H3. The summed E-state index contributed by atoms with van der Waals surface area (Å²) in [6.07, 6.45) is 5.57. The van der Waals surface area contributed by atoms with Crippen molar-refractivity contribution in [1.29, 1.82) is 0 Å². The van der Waals surface area contributed by atoms with Crippen LogP contribution in [-0.4, -0.2) is 4.57 Å². The molecule has 0 saturated carbocycles. The van der Waals surface area contributed by atoms with Gasteiger partial charge in [0.05, 0.1) is 0 Å². The monoisotopic (exact) mass is 234 g/mol. The average Bonchev–Trinajstić information content (AvgIpc) is 2.32. The zero-order chi connectivity index (χ0) is 12.4. The van der Waals surface area contributed by atoms with Crippen molar-refractivity contribution >= 4 is 0 Å². The Hall–Kier alpha value is -1.09. The maximum Gasteiger partial charge on any atom is 0.255 e. The van der Waals surface area contributed by atoms with Gasteiger partial charge in [0, 0.05) is 23.8 Å². The summed E-state index contributed by atoms with van der Waals surface area (Å²) >= 11 is 0. The zero-order valence-electron chi connectivity index (χ0n) is 10.8. The van der Waals surface area contributed by atoms with Crippen molar-refractivity contribution in [1.82, 2.24) is 4.57 Å². The Labute approximate surface area is 103 Å². The first-order chi connectivity index (χ1) is 8.15. The quantitative estimate of drug-likeness (QED) is 0.871. The summed E-state index contributed by atoms with van der Waals surface area (Å²) in [5.41, 5.74) is 9.40. The number of hydrogen-bond donors (Lipinski definition) is 1. The second-order valence-electron chi connectivity index (χ2n) is 5.02. The van der Waals surface area contributed by atoms with Crippen molar-refractivity contribution in [2.75, 3.05) is 0 Å². The van der Waals surface area contributed by atoms with Crippen molar-refractivity contribution in [2.45, 2.75) is 58.5 Å². The van der Waals surface area contributed by atoms with E-state index in [9.17, 15) is 4.79 Å². The van der Waals surface area contributed by atoms with E-state index in [0.29, 0.717) is 0 Å². The zero-order valence-corrected chi connectivity index (χ0v) is 10.8. The molecule has 94 valence electrons. The minimum atomic E-state index is -0.169. The summed E-state index contributed by atoms with van der Waals surface area (Å²) in [6, 6.07) is 1.88. The molecule has 1 aromatic heterocycles. The number of hydrogen-bond acceptors (Lipinski definition) is 2. The summed E-state index contributed by atoms with van der Waals surface area (Å²) in [6.45, 7) is 4.82. The number of fused-ring (bicyclic) bond motifs is 1. The topological polar surface area (TPSA) is 48.0 Å². The lowest BCUT2D eigenvalue weighted by Gasteiger charge is -2.23. The molecule has 0 aromatic carbocycles. The summed E-state index contributed by atoms with van der Waals surface area (Å²) in [4.78, 5) is 12.4. The number of pyridine rings is 1. The van der Waals surface area contributed by atoms with E-state index in [1.807, 2.05) is 17.6 Å². The van der Waals surface area contributed by atoms with Crippen LogP contribution in [0.4, 0.5) is 0 Å². The first-order valence-corrected chi connectivity index (χ1v) is 6.66. The van der Waals surface area contributed by atoms with Crippen LogP contribution in [-0.2, 0) is 19.4 Å². The molecule has 1 aliphatic carbocycles. The van der Waals surface area contributed by atoms with Gasteiger partial charge in [0.25, 0.3) is 5.56 Å². The molecule has 2 N–H and O–H groups in total. The molecule has 17 heavy (non-hydrogen) atoms. The van der Waals surface area contributed by atoms with E-state index in [-0.39, 0.29) is 11.6 Å². The van der Waals surface area contributed by atoms with Crippen molar-refractivity contribution in [2.24, 2.45) is 5.73 Å². The van der Waals surface area contributed by atoms with E-state index >= 15 is 0 Å². The number of rotatable bonds is 3. The molecule has 1 aromatic rings. The Morgan fingerprint density at radius 2 is 2.12 bits per heavy atom. The highest BCUT2D eigenvalue weighted by Crippen LogP contribution is 2.22. The van der Waals surface area contributed by atoms with E-state index in [2.05, 4.69) is 6.92 Å². The van der Waals surface area contributed by atoms with Gasteiger partial charge in [-0.25, -0.2) is 0 Å². The van der Waals surface area contributed by atoms with Gasteiger partial charge in [0.2, 0.25) is 0 Å². The van der Waals surface area contributed by atoms with Crippen molar-refractivity contribution in [3.8, 4) is 0 Å². The van der Waals surface area contributed by atoms with Crippen LogP contribution in [0.2, 0.25) is 0 Å². The molecule has 2 rings (SSSR count). The van der Waals surface area contributed by atoms with Crippen LogP contribution in [0.5, 0.6) is 0 Å². The maximum absolute atomic E-state index is 12.4. The van der Waals surface area contributed by atoms with Gasteiger partial charge < -0.3 is 10.3 Å². The highest BCUT2D eigenvalue weighted by Gasteiger charge is 2.18. The van der Waals surface area contributed by atoms with E-state index in [1.54, 1.807) is 0 Å². The molecule has 1 unspecified atom stereocenters. The third-order valence-electron chi connectivity index (χ3n) is 3.57. The van der Waals surface area contributed by atoms with Crippen LogP contribution in [0.15, 0.2) is 10.9 Å². The summed E-state index contributed by atoms with van der Waals surface area (Å²) in [5, 5.41) is 0. The lowest BCUT2D eigenvalue weighted by atomic mass is 9.93. The molecule has 3 heteroatoms. The molecule has 1 aliphatic rings. The lowest BCUT2D eigenvalue weighted by molar-refractivity contribution is 0.556. The third kappa shape index (κ3) is 2.29. The van der Waals surface area contributed by atoms with Crippen LogP contribution in [0, 0.1) is 0 Å². The number of aryl methyl sites for hydroxylation is 1. The molecule has 1 atom stereocenters. The van der Waals surface area contributed by atoms with Gasteiger partial charge >= 0.3 is 0 Å². The molecule has 0 fully saturated rings. The van der Waals surface area contributed by atoms with Crippen LogP contribution < -0.4 is 11.3 Å². The molecule has 0 amide bonds. The average molecular weight is 234 g/mol. The molecule has 0 saturated heterocycles. The minimum absolute atomic E-state index is 0.127. The summed E-state index contributed by atoms with van der Waals surface area (Å²) in [5.74, 6) is 0. The molecule has 0 radical (unpaired) electrons. The van der Waals surface area contributed by atoms with Gasteiger partial charge in [-0.2, -0.15) is 0 Å². The van der Waals surface area contributed by atoms with E-state index < -0.39 is 0 Å². The fraction of sp³-hybridized carbons (Fsp3) is 0.643. The van der Waals surface area contributed by atoms with Gasteiger partial charge in [0.1, 0.15) is 0 Å². The first kappa shape index (κ1) is 12.4. The molecule has 0 aliphatic heterocycles. The Kier molecular flexibility index (Phi) is 3.67. The number of aromatic nitrogens is 1. The van der Waals surface area contributed by atoms with E-state index in [0.717, 1.165) is 31.4 Å². The SMILES string of the molecule is CCCn1c2c(cc(C(C)N)c1=O)CCCC2. The normalized spacial score (nSPS) is 16.6. The second-order valence-corrected chi connectivity index (χ2v) is 5.02. The predicted molar refractivity (Wildman–Crippen MR) is 70.2 cm³/mol. The molecule has 3 nitrogen and oxygen atoms in total. The molecule has 1 heterocycles. The fourth-order valence-electron chi connectivity index (χ4n) is 2.69. The molecule has 0 bridgehead atoms. The van der Waals surface area contributed by atoms with Gasteiger partial charge in [-0.15, -0.1) is 0 Å². The first-order valence-electron chi connectivity index (χ1n) is 6.66. The van der Waals surface area contributed by atoms with Gasteiger partial charge in [-0.1, -0.05) is 6.92 Å². The third-order valence-corrected chi connectivity index (χ3v) is 3.57.